The third-order valence-electron chi connectivity index (χ3n) is 3.02. The molecule has 6 heteroatoms. The van der Waals surface area contributed by atoms with Crippen LogP contribution in [0.25, 0.3) is 0 Å². The minimum absolute atomic E-state index is 0.0445. The summed E-state index contributed by atoms with van der Waals surface area (Å²) in [7, 11) is 5.86. The van der Waals surface area contributed by atoms with Gasteiger partial charge in [0.15, 0.2) is 0 Å². The van der Waals surface area contributed by atoms with E-state index in [2.05, 4.69) is 15.5 Å². The van der Waals surface area contributed by atoms with Gasteiger partial charge in [0, 0.05) is 19.1 Å². The van der Waals surface area contributed by atoms with Crippen LogP contribution in [0.3, 0.4) is 0 Å². The molecule has 0 aliphatic carbocycles. The minimum atomic E-state index is -0.0863. The molecule has 1 aliphatic heterocycles. The SMILES string of the molecule is CNC1COCC1C(=O)NCCOCCN(C)C. The van der Waals surface area contributed by atoms with Crippen LogP contribution in [0.1, 0.15) is 0 Å². The molecule has 1 saturated heterocycles. The van der Waals surface area contributed by atoms with Gasteiger partial charge in [-0.1, -0.05) is 0 Å². The van der Waals surface area contributed by atoms with Crippen LogP contribution in [0.5, 0.6) is 0 Å². The third kappa shape index (κ3) is 5.30. The number of rotatable bonds is 8. The lowest BCUT2D eigenvalue weighted by Gasteiger charge is -2.16. The molecule has 1 amide bonds. The third-order valence-corrected chi connectivity index (χ3v) is 3.02. The number of amides is 1. The standard InChI is InChI=1S/C12H25N3O3/c1-13-11-9-18-8-10(11)12(16)14-4-6-17-7-5-15(2)3/h10-11,13H,4-9H2,1-3H3,(H,14,16). The van der Waals surface area contributed by atoms with Gasteiger partial charge in [-0.25, -0.2) is 0 Å². The maximum Gasteiger partial charge on any atom is 0.227 e. The number of ether oxygens (including phenoxy) is 2. The zero-order chi connectivity index (χ0) is 13.4. The second kappa shape index (κ2) is 8.42. The van der Waals surface area contributed by atoms with Crippen molar-refractivity contribution in [3.8, 4) is 0 Å². The van der Waals surface area contributed by atoms with Gasteiger partial charge in [-0.2, -0.15) is 0 Å². The Morgan fingerprint density at radius 3 is 2.83 bits per heavy atom. The van der Waals surface area contributed by atoms with Crippen LogP contribution in [0.2, 0.25) is 0 Å². The van der Waals surface area contributed by atoms with E-state index in [1.807, 2.05) is 21.1 Å². The summed E-state index contributed by atoms with van der Waals surface area (Å²) in [5.74, 6) is -0.0418. The fraction of sp³-hybridized carbons (Fsp3) is 0.917. The van der Waals surface area contributed by atoms with Crippen molar-refractivity contribution in [3.05, 3.63) is 0 Å². The molecule has 106 valence electrons. The molecule has 2 N–H and O–H groups in total. The number of carbonyl (C=O) groups excluding carboxylic acids is 1. The minimum Gasteiger partial charge on any atom is -0.379 e. The van der Waals surface area contributed by atoms with Crippen molar-refractivity contribution >= 4 is 5.91 Å². The molecule has 1 fully saturated rings. The van der Waals surface area contributed by atoms with Crippen LogP contribution in [-0.2, 0) is 14.3 Å². The summed E-state index contributed by atoms with van der Waals surface area (Å²) < 4.78 is 10.7. The predicted molar refractivity (Wildman–Crippen MR) is 69.5 cm³/mol. The summed E-state index contributed by atoms with van der Waals surface area (Å²) in [6.45, 7) is 3.80. The Labute approximate surface area is 109 Å². The number of carbonyl (C=O) groups is 1. The number of nitrogens with zero attached hydrogens (tertiary/aromatic N) is 1. The number of hydrogen-bond donors (Lipinski definition) is 2. The Bertz CT molecular complexity index is 249. The molecule has 6 nitrogen and oxygen atoms in total. The van der Waals surface area contributed by atoms with Gasteiger partial charge >= 0.3 is 0 Å². The molecule has 1 aliphatic rings. The van der Waals surface area contributed by atoms with Crippen molar-refractivity contribution in [2.45, 2.75) is 6.04 Å². The fourth-order valence-electron chi connectivity index (χ4n) is 1.82. The molecule has 2 atom stereocenters. The first-order valence-corrected chi connectivity index (χ1v) is 6.40. The molecular weight excluding hydrogens is 234 g/mol. The van der Waals surface area contributed by atoms with E-state index in [0.29, 0.717) is 33.0 Å². The number of hydrogen-bond acceptors (Lipinski definition) is 5. The van der Waals surface area contributed by atoms with Crippen LogP contribution in [0.15, 0.2) is 0 Å². The Morgan fingerprint density at radius 2 is 2.17 bits per heavy atom. The zero-order valence-corrected chi connectivity index (χ0v) is 11.6. The van der Waals surface area contributed by atoms with E-state index in [1.165, 1.54) is 0 Å². The first-order valence-electron chi connectivity index (χ1n) is 6.40. The molecular formula is C12H25N3O3. The van der Waals surface area contributed by atoms with E-state index in [4.69, 9.17) is 9.47 Å². The highest BCUT2D eigenvalue weighted by Gasteiger charge is 2.32. The summed E-state index contributed by atoms with van der Waals surface area (Å²) in [4.78, 5) is 13.9. The monoisotopic (exact) mass is 259 g/mol. The van der Waals surface area contributed by atoms with E-state index in [9.17, 15) is 4.79 Å². The number of likely N-dealkylation sites (N-methyl/N-ethyl adjacent to an activating group) is 2. The normalized spacial score (nSPS) is 23.6. The predicted octanol–water partition coefficient (Wildman–Crippen LogP) is -1.08. The first-order chi connectivity index (χ1) is 8.65. The van der Waals surface area contributed by atoms with Gasteiger partial charge in [0.25, 0.3) is 0 Å². The lowest BCUT2D eigenvalue weighted by atomic mass is 10.0. The molecule has 2 unspecified atom stereocenters. The molecule has 0 aromatic rings. The van der Waals surface area contributed by atoms with Gasteiger partial charge in [0.2, 0.25) is 5.91 Å². The van der Waals surface area contributed by atoms with E-state index in [0.717, 1.165) is 6.54 Å². The Hall–Kier alpha value is -0.690. The van der Waals surface area contributed by atoms with Crippen LogP contribution >= 0.6 is 0 Å². The summed E-state index contributed by atoms with van der Waals surface area (Å²) in [5.41, 5.74) is 0. The van der Waals surface area contributed by atoms with Gasteiger partial charge in [-0.05, 0) is 21.1 Å². The van der Waals surface area contributed by atoms with Crippen LogP contribution < -0.4 is 10.6 Å². The molecule has 1 rings (SSSR count). The van der Waals surface area contributed by atoms with Crippen LogP contribution in [-0.4, -0.2) is 77.5 Å². The largest absolute Gasteiger partial charge is 0.379 e. The Morgan fingerprint density at radius 1 is 1.39 bits per heavy atom. The lowest BCUT2D eigenvalue weighted by Crippen LogP contribution is -2.43. The Kier molecular flexibility index (Phi) is 7.19. The van der Waals surface area contributed by atoms with Gasteiger partial charge in [0.1, 0.15) is 0 Å². The second-order valence-corrected chi connectivity index (χ2v) is 4.75. The average molecular weight is 259 g/mol. The van der Waals surface area contributed by atoms with Crippen molar-refractivity contribution in [2.75, 3.05) is 60.7 Å². The second-order valence-electron chi connectivity index (χ2n) is 4.75. The highest BCUT2D eigenvalue weighted by atomic mass is 16.5. The van der Waals surface area contributed by atoms with E-state index in [1.54, 1.807) is 0 Å². The molecule has 0 aromatic carbocycles. The quantitative estimate of drug-likeness (QED) is 0.543. The molecule has 0 radical (unpaired) electrons. The fourth-order valence-corrected chi connectivity index (χ4v) is 1.82. The van der Waals surface area contributed by atoms with Crippen molar-refractivity contribution in [3.63, 3.8) is 0 Å². The highest BCUT2D eigenvalue weighted by molar-refractivity contribution is 5.79. The highest BCUT2D eigenvalue weighted by Crippen LogP contribution is 2.12. The van der Waals surface area contributed by atoms with Gasteiger partial charge in [-0.15, -0.1) is 0 Å². The van der Waals surface area contributed by atoms with E-state index in [-0.39, 0.29) is 17.9 Å². The van der Waals surface area contributed by atoms with Crippen molar-refractivity contribution < 1.29 is 14.3 Å². The smallest absolute Gasteiger partial charge is 0.227 e. The van der Waals surface area contributed by atoms with Crippen LogP contribution in [0, 0.1) is 5.92 Å². The number of nitrogens with one attached hydrogen (secondary N) is 2. The zero-order valence-electron chi connectivity index (χ0n) is 11.6. The molecule has 0 aromatic heterocycles. The van der Waals surface area contributed by atoms with Crippen molar-refractivity contribution in [2.24, 2.45) is 5.92 Å². The summed E-state index contributed by atoms with van der Waals surface area (Å²) in [6, 6.07) is 0.125. The molecule has 0 spiro atoms. The van der Waals surface area contributed by atoms with E-state index >= 15 is 0 Å². The van der Waals surface area contributed by atoms with Gasteiger partial charge in [0.05, 0.1) is 32.3 Å². The summed E-state index contributed by atoms with van der Waals surface area (Å²) in [5, 5.41) is 5.97. The summed E-state index contributed by atoms with van der Waals surface area (Å²) in [6.07, 6.45) is 0. The van der Waals surface area contributed by atoms with Crippen molar-refractivity contribution in [1.82, 2.24) is 15.5 Å². The molecule has 0 bridgehead atoms. The summed E-state index contributed by atoms with van der Waals surface area (Å²) >= 11 is 0. The molecule has 0 saturated carbocycles. The maximum atomic E-state index is 11.9. The topological polar surface area (TPSA) is 62.8 Å². The Balaban J connectivity index is 2.06. The maximum absolute atomic E-state index is 11.9. The van der Waals surface area contributed by atoms with Gasteiger partial charge < -0.3 is 25.0 Å². The van der Waals surface area contributed by atoms with E-state index < -0.39 is 0 Å². The van der Waals surface area contributed by atoms with Gasteiger partial charge in [-0.3, -0.25) is 4.79 Å². The first kappa shape index (κ1) is 15.4. The van der Waals surface area contributed by atoms with Crippen molar-refractivity contribution in [1.29, 1.82) is 0 Å². The average Bonchev–Trinajstić information content (AvgIpc) is 2.81. The van der Waals surface area contributed by atoms with Crippen LogP contribution in [0.4, 0.5) is 0 Å². The lowest BCUT2D eigenvalue weighted by molar-refractivity contribution is -0.125. The molecule has 18 heavy (non-hydrogen) atoms. The molecule has 1 heterocycles.